The van der Waals surface area contributed by atoms with E-state index in [0.29, 0.717) is 13.0 Å². The highest BCUT2D eigenvalue weighted by Gasteiger charge is 2.25. The van der Waals surface area contributed by atoms with Gasteiger partial charge in [-0.25, -0.2) is 0 Å². The van der Waals surface area contributed by atoms with Gasteiger partial charge in [0.05, 0.1) is 24.2 Å². The molecule has 2 heterocycles. The van der Waals surface area contributed by atoms with Crippen molar-refractivity contribution >= 4 is 28.7 Å². The third-order valence-electron chi connectivity index (χ3n) is 4.80. The third-order valence-corrected chi connectivity index (χ3v) is 5.35. The minimum absolute atomic E-state index is 0.153. The van der Waals surface area contributed by atoms with Gasteiger partial charge < -0.3 is 10.2 Å². The highest BCUT2D eigenvalue weighted by Crippen LogP contribution is 2.22. The Morgan fingerprint density at radius 3 is 3.00 bits per heavy atom. The van der Waals surface area contributed by atoms with Crippen molar-refractivity contribution in [3.8, 4) is 0 Å². The van der Waals surface area contributed by atoms with Crippen LogP contribution in [0.5, 0.6) is 0 Å². The molecule has 0 radical (unpaired) electrons. The van der Waals surface area contributed by atoms with Gasteiger partial charge in [-0.3, -0.25) is 4.79 Å². The zero-order chi connectivity index (χ0) is 17.2. The monoisotopic (exact) mass is 352 g/mol. The highest BCUT2D eigenvalue weighted by atomic mass is 32.1. The third kappa shape index (κ3) is 3.27. The Kier molecular flexibility index (Phi) is 4.46. The molecule has 3 aromatic rings. The molecule has 1 amide bonds. The van der Waals surface area contributed by atoms with E-state index in [1.807, 2.05) is 29.2 Å². The molecule has 5 nitrogen and oxygen atoms in total. The topological polar surface area (TPSA) is 58.1 Å². The number of fused-ring (bicyclic) bond motifs is 1. The van der Waals surface area contributed by atoms with E-state index < -0.39 is 0 Å². The summed E-state index contributed by atoms with van der Waals surface area (Å²) in [6.45, 7) is 4.38. The predicted octanol–water partition coefficient (Wildman–Crippen LogP) is 2.72. The normalized spacial score (nSPS) is 17.8. The zero-order valence-corrected chi connectivity index (χ0v) is 14.9. The first-order chi connectivity index (χ1) is 12.2. The summed E-state index contributed by atoms with van der Waals surface area (Å²) < 4.78 is 8.59. The number of carbonyl (C=O) groups is 1. The molecular weight excluding hydrogens is 332 g/mol. The molecule has 128 valence electrons. The summed E-state index contributed by atoms with van der Waals surface area (Å²) in [5.74, 6) is 0.153. The summed E-state index contributed by atoms with van der Waals surface area (Å²) in [4.78, 5) is 14.8. The zero-order valence-electron chi connectivity index (χ0n) is 14.1. The molecule has 1 saturated heterocycles. The van der Waals surface area contributed by atoms with Crippen LogP contribution >= 0.6 is 11.7 Å². The summed E-state index contributed by atoms with van der Waals surface area (Å²) in [5.41, 5.74) is 5.21. The molecule has 1 aromatic heterocycles. The first kappa shape index (κ1) is 16.2. The summed E-state index contributed by atoms with van der Waals surface area (Å²) in [6.07, 6.45) is 0.378. The fourth-order valence-electron chi connectivity index (χ4n) is 3.44. The van der Waals surface area contributed by atoms with Gasteiger partial charge in [-0.2, -0.15) is 8.75 Å². The molecule has 0 bridgehead atoms. The van der Waals surface area contributed by atoms with Crippen LogP contribution in [0.1, 0.15) is 22.7 Å². The molecule has 1 aliphatic heterocycles. The van der Waals surface area contributed by atoms with E-state index in [9.17, 15) is 4.79 Å². The van der Waals surface area contributed by atoms with Crippen molar-refractivity contribution in [2.75, 3.05) is 19.6 Å². The Morgan fingerprint density at radius 1 is 1.24 bits per heavy atom. The van der Waals surface area contributed by atoms with Gasteiger partial charge >= 0.3 is 0 Å². The van der Waals surface area contributed by atoms with Crippen LogP contribution in [0.15, 0.2) is 42.5 Å². The van der Waals surface area contributed by atoms with Crippen molar-refractivity contribution < 1.29 is 4.79 Å². The Hall–Kier alpha value is -2.31. The Bertz CT molecular complexity index is 907. The molecule has 0 aliphatic carbocycles. The maximum absolute atomic E-state index is 12.8. The van der Waals surface area contributed by atoms with Gasteiger partial charge in [0, 0.05) is 19.6 Å². The molecule has 6 heteroatoms. The average molecular weight is 352 g/mol. The lowest BCUT2D eigenvalue weighted by molar-refractivity contribution is -0.131. The molecule has 1 N–H and O–H groups in total. The smallest absolute Gasteiger partial charge is 0.227 e. The molecule has 0 spiro atoms. The summed E-state index contributed by atoms with van der Waals surface area (Å²) >= 11 is 1.19. The van der Waals surface area contributed by atoms with Gasteiger partial charge in [0.2, 0.25) is 5.91 Å². The molecule has 2 aromatic carbocycles. The average Bonchev–Trinajstić information content (AvgIpc) is 3.12. The first-order valence-electron chi connectivity index (χ1n) is 8.49. The maximum Gasteiger partial charge on any atom is 0.227 e. The largest absolute Gasteiger partial charge is 0.339 e. The number of hydrogen-bond donors (Lipinski definition) is 1. The quantitative estimate of drug-likeness (QED) is 0.787. The van der Waals surface area contributed by atoms with Crippen LogP contribution in [0, 0.1) is 6.92 Å². The molecule has 4 rings (SSSR count). The van der Waals surface area contributed by atoms with Gasteiger partial charge in [-0.1, -0.05) is 36.4 Å². The standard InChI is InChI=1S/C19H20N4OS/c1-13-5-2-3-7-15(13)17-12-23(10-9-20-17)18(24)11-14-6-4-8-16-19(14)22-25-21-16/h2-8,17,20H,9-12H2,1H3. The van der Waals surface area contributed by atoms with Crippen LogP contribution < -0.4 is 5.32 Å². The van der Waals surface area contributed by atoms with E-state index in [2.05, 4.69) is 39.2 Å². The van der Waals surface area contributed by atoms with Crippen molar-refractivity contribution in [3.63, 3.8) is 0 Å². The lowest BCUT2D eigenvalue weighted by Crippen LogP contribution is -2.48. The Labute approximate surface area is 151 Å². The van der Waals surface area contributed by atoms with Crippen molar-refractivity contribution in [1.82, 2.24) is 19.0 Å². The SMILES string of the molecule is Cc1ccccc1C1CN(C(=O)Cc2cccc3nsnc23)CCN1. The van der Waals surface area contributed by atoms with E-state index in [1.54, 1.807) is 0 Å². The summed E-state index contributed by atoms with van der Waals surface area (Å²) in [7, 11) is 0. The number of aromatic nitrogens is 2. The van der Waals surface area contributed by atoms with Crippen LogP contribution in [-0.4, -0.2) is 39.2 Å². The predicted molar refractivity (Wildman–Crippen MR) is 99.6 cm³/mol. The number of piperazine rings is 1. The maximum atomic E-state index is 12.8. The molecule has 1 fully saturated rings. The second kappa shape index (κ2) is 6.90. The first-order valence-corrected chi connectivity index (χ1v) is 9.22. The fourth-order valence-corrected chi connectivity index (χ4v) is 4.01. The lowest BCUT2D eigenvalue weighted by Gasteiger charge is -2.34. The van der Waals surface area contributed by atoms with Gasteiger partial charge in [0.1, 0.15) is 11.0 Å². The van der Waals surface area contributed by atoms with E-state index in [1.165, 1.54) is 22.9 Å². The molecule has 0 saturated carbocycles. The van der Waals surface area contributed by atoms with Crippen molar-refractivity contribution in [1.29, 1.82) is 0 Å². The van der Waals surface area contributed by atoms with Crippen molar-refractivity contribution in [2.45, 2.75) is 19.4 Å². The fraction of sp³-hybridized carbons (Fsp3) is 0.316. The molecule has 25 heavy (non-hydrogen) atoms. The number of amides is 1. The number of carbonyl (C=O) groups excluding carboxylic acids is 1. The minimum Gasteiger partial charge on any atom is -0.339 e. The van der Waals surface area contributed by atoms with Gasteiger partial charge in [0.25, 0.3) is 0 Å². The number of nitrogens with one attached hydrogen (secondary N) is 1. The highest BCUT2D eigenvalue weighted by molar-refractivity contribution is 7.00. The second-order valence-corrected chi connectivity index (χ2v) is 6.96. The second-order valence-electron chi connectivity index (χ2n) is 6.43. The molecule has 1 atom stereocenters. The van der Waals surface area contributed by atoms with E-state index >= 15 is 0 Å². The van der Waals surface area contributed by atoms with Gasteiger partial charge in [-0.15, -0.1) is 0 Å². The number of benzene rings is 2. The number of rotatable bonds is 3. The van der Waals surface area contributed by atoms with Gasteiger partial charge in [0.15, 0.2) is 0 Å². The number of hydrogen-bond acceptors (Lipinski definition) is 5. The Balaban J connectivity index is 1.50. The van der Waals surface area contributed by atoms with E-state index in [0.717, 1.165) is 29.7 Å². The van der Waals surface area contributed by atoms with Crippen LogP contribution in [0.25, 0.3) is 11.0 Å². The molecule has 1 unspecified atom stereocenters. The Morgan fingerprint density at radius 2 is 2.12 bits per heavy atom. The lowest BCUT2D eigenvalue weighted by atomic mass is 9.99. The number of nitrogens with zero attached hydrogens (tertiary/aromatic N) is 3. The summed E-state index contributed by atoms with van der Waals surface area (Å²) in [5, 5.41) is 3.54. The van der Waals surface area contributed by atoms with Crippen LogP contribution in [0.3, 0.4) is 0 Å². The molecule has 1 aliphatic rings. The van der Waals surface area contributed by atoms with Gasteiger partial charge in [-0.05, 0) is 29.7 Å². The van der Waals surface area contributed by atoms with E-state index in [4.69, 9.17) is 0 Å². The van der Waals surface area contributed by atoms with Crippen molar-refractivity contribution in [2.24, 2.45) is 0 Å². The minimum atomic E-state index is 0.153. The molecular formula is C19H20N4OS. The van der Waals surface area contributed by atoms with Crippen molar-refractivity contribution in [3.05, 3.63) is 59.2 Å². The van der Waals surface area contributed by atoms with E-state index in [-0.39, 0.29) is 11.9 Å². The van der Waals surface area contributed by atoms with Crippen LogP contribution in [-0.2, 0) is 11.2 Å². The van der Waals surface area contributed by atoms with Crippen LogP contribution in [0.4, 0.5) is 0 Å². The van der Waals surface area contributed by atoms with Crippen LogP contribution in [0.2, 0.25) is 0 Å². The summed E-state index contributed by atoms with van der Waals surface area (Å²) in [6, 6.07) is 14.4. The number of aryl methyl sites for hydroxylation is 1.